The maximum Gasteiger partial charge on any atom is 0.244 e. The van der Waals surface area contributed by atoms with Gasteiger partial charge in [0.15, 0.2) is 0 Å². The largest absolute Gasteiger partial charge is 0.379 e. The number of thioether (sulfide) groups is 1. The highest BCUT2D eigenvalue weighted by Gasteiger charge is 2.27. The number of hydrogen-bond donors (Lipinski definition) is 1. The minimum absolute atomic E-state index is 0.130. The molecular weight excluding hydrogens is 470 g/mol. The number of nitrogens with one attached hydrogen (secondary N) is 1. The molecule has 178 valence electrons. The Bertz CT molecular complexity index is 1140. The van der Waals surface area contributed by atoms with E-state index in [1.807, 2.05) is 67.6 Å². The molecule has 1 aliphatic rings. The summed E-state index contributed by atoms with van der Waals surface area (Å²) in [4.78, 5) is 17.5. The van der Waals surface area contributed by atoms with E-state index in [0.717, 1.165) is 11.1 Å². The molecule has 0 saturated carbocycles. The molecule has 1 amide bonds. The standard InChI is InChI=1S/C25H27N3O4S2/c1-19(25(29)27-24(20-8-4-2-5-9-20)21-10-6-3-7-11-21)33-23-13-12-22(18-26-23)34(30,31)28-14-16-32-17-15-28/h2-13,18-19,24H,14-17H2,1H3,(H,27,29)/t19-/m0/s1. The summed E-state index contributed by atoms with van der Waals surface area (Å²) in [5.74, 6) is -0.130. The van der Waals surface area contributed by atoms with Gasteiger partial charge in [0, 0.05) is 19.3 Å². The molecule has 1 atom stereocenters. The Morgan fingerprint density at radius 2 is 1.56 bits per heavy atom. The van der Waals surface area contributed by atoms with Gasteiger partial charge in [0.05, 0.1) is 29.5 Å². The predicted molar refractivity (Wildman–Crippen MR) is 132 cm³/mol. The van der Waals surface area contributed by atoms with Crippen LogP contribution in [0.5, 0.6) is 0 Å². The predicted octanol–water partition coefficient (Wildman–Crippen LogP) is 3.49. The van der Waals surface area contributed by atoms with E-state index in [0.29, 0.717) is 31.3 Å². The van der Waals surface area contributed by atoms with Crippen LogP contribution >= 0.6 is 11.8 Å². The molecule has 7 nitrogen and oxygen atoms in total. The molecule has 2 aromatic carbocycles. The van der Waals surface area contributed by atoms with Crippen molar-refractivity contribution in [2.45, 2.75) is 28.1 Å². The van der Waals surface area contributed by atoms with Crippen LogP contribution in [0.2, 0.25) is 0 Å². The summed E-state index contributed by atoms with van der Waals surface area (Å²) in [6, 6.07) is 22.6. The van der Waals surface area contributed by atoms with E-state index in [1.165, 1.54) is 22.3 Å². The Kier molecular flexibility index (Phi) is 7.99. The zero-order valence-corrected chi connectivity index (χ0v) is 20.5. The van der Waals surface area contributed by atoms with Crippen LogP contribution in [0.1, 0.15) is 24.1 Å². The van der Waals surface area contributed by atoms with Crippen molar-refractivity contribution in [3.8, 4) is 0 Å². The molecule has 1 N–H and O–H groups in total. The number of aromatic nitrogens is 1. The van der Waals surface area contributed by atoms with Crippen LogP contribution in [0, 0.1) is 0 Å². The number of sulfonamides is 1. The molecule has 9 heteroatoms. The van der Waals surface area contributed by atoms with Gasteiger partial charge in [0.2, 0.25) is 15.9 Å². The third kappa shape index (κ3) is 5.85. The minimum atomic E-state index is -3.60. The molecule has 2 heterocycles. The van der Waals surface area contributed by atoms with Gasteiger partial charge >= 0.3 is 0 Å². The third-order valence-corrected chi connectivity index (χ3v) is 8.47. The first-order chi connectivity index (χ1) is 16.4. The fourth-order valence-electron chi connectivity index (χ4n) is 3.67. The summed E-state index contributed by atoms with van der Waals surface area (Å²) >= 11 is 1.29. The van der Waals surface area contributed by atoms with Crippen LogP contribution in [0.25, 0.3) is 0 Å². The zero-order valence-electron chi connectivity index (χ0n) is 18.8. The molecule has 0 radical (unpaired) electrons. The number of ether oxygens (including phenoxy) is 1. The van der Waals surface area contributed by atoms with Crippen LogP contribution in [-0.2, 0) is 19.6 Å². The fourth-order valence-corrected chi connectivity index (χ4v) is 5.82. The normalized spacial score (nSPS) is 15.7. The third-order valence-electron chi connectivity index (χ3n) is 5.54. The second-order valence-corrected chi connectivity index (χ2v) is 11.2. The molecule has 0 aliphatic carbocycles. The maximum atomic E-state index is 13.1. The van der Waals surface area contributed by atoms with Crippen molar-refractivity contribution in [1.82, 2.24) is 14.6 Å². The van der Waals surface area contributed by atoms with Crippen LogP contribution in [0.4, 0.5) is 0 Å². The van der Waals surface area contributed by atoms with Crippen molar-refractivity contribution in [3.63, 3.8) is 0 Å². The van der Waals surface area contributed by atoms with E-state index in [1.54, 1.807) is 12.1 Å². The smallest absolute Gasteiger partial charge is 0.244 e. The average molecular weight is 498 g/mol. The molecule has 1 saturated heterocycles. The van der Waals surface area contributed by atoms with Crippen molar-refractivity contribution in [1.29, 1.82) is 0 Å². The number of nitrogens with zero attached hydrogens (tertiary/aromatic N) is 2. The lowest BCUT2D eigenvalue weighted by molar-refractivity contribution is -0.120. The Labute approximate surface area is 204 Å². The Balaban J connectivity index is 1.43. The molecule has 34 heavy (non-hydrogen) atoms. The molecule has 0 spiro atoms. The molecule has 1 fully saturated rings. The number of morpholine rings is 1. The SMILES string of the molecule is C[C@H](Sc1ccc(S(=O)(=O)N2CCOCC2)cn1)C(=O)NC(c1ccccc1)c1ccccc1. The van der Waals surface area contributed by atoms with Gasteiger partial charge in [-0.05, 0) is 30.2 Å². The fraction of sp³-hybridized carbons (Fsp3) is 0.280. The maximum absolute atomic E-state index is 13.1. The first-order valence-corrected chi connectivity index (χ1v) is 13.4. The number of rotatable bonds is 8. The first-order valence-electron chi connectivity index (χ1n) is 11.1. The lowest BCUT2D eigenvalue weighted by Crippen LogP contribution is -2.40. The molecule has 1 aliphatic heterocycles. The molecule has 1 aromatic heterocycles. The van der Waals surface area contributed by atoms with Crippen LogP contribution in [0.3, 0.4) is 0 Å². The Hall–Kier alpha value is -2.72. The van der Waals surface area contributed by atoms with E-state index in [2.05, 4.69) is 10.3 Å². The summed E-state index contributed by atoms with van der Waals surface area (Å²) in [5.41, 5.74) is 1.99. The molecule has 4 rings (SSSR count). The Morgan fingerprint density at radius 3 is 2.09 bits per heavy atom. The van der Waals surface area contributed by atoms with E-state index >= 15 is 0 Å². The summed E-state index contributed by atoms with van der Waals surface area (Å²) in [6.07, 6.45) is 1.36. The summed E-state index contributed by atoms with van der Waals surface area (Å²) in [5, 5.41) is 3.30. The molecular formula is C25H27N3O4S2. The second-order valence-electron chi connectivity index (χ2n) is 7.87. The average Bonchev–Trinajstić information content (AvgIpc) is 2.89. The number of carbonyl (C=O) groups excluding carboxylic acids is 1. The van der Waals surface area contributed by atoms with Gasteiger partial charge in [-0.25, -0.2) is 13.4 Å². The van der Waals surface area contributed by atoms with Crippen LogP contribution in [-0.4, -0.2) is 55.2 Å². The van der Waals surface area contributed by atoms with E-state index in [9.17, 15) is 13.2 Å². The number of hydrogen-bond acceptors (Lipinski definition) is 6. The van der Waals surface area contributed by atoms with Crippen LogP contribution < -0.4 is 5.32 Å². The van der Waals surface area contributed by atoms with Crippen molar-refractivity contribution in [2.24, 2.45) is 0 Å². The summed E-state index contributed by atoms with van der Waals surface area (Å²) in [6.45, 7) is 3.26. The Morgan fingerprint density at radius 1 is 0.971 bits per heavy atom. The van der Waals surface area contributed by atoms with E-state index in [-0.39, 0.29) is 16.8 Å². The topological polar surface area (TPSA) is 88.6 Å². The molecule has 0 bridgehead atoms. The van der Waals surface area contributed by atoms with Crippen molar-refractivity contribution in [3.05, 3.63) is 90.1 Å². The quantitative estimate of drug-likeness (QED) is 0.480. The first kappa shape index (κ1) is 24.4. The summed E-state index contributed by atoms with van der Waals surface area (Å²) in [7, 11) is -3.60. The monoisotopic (exact) mass is 497 g/mol. The van der Waals surface area contributed by atoms with Crippen LogP contribution in [0.15, 0.2) is 88.9 Å². The molecule has 3 aromatic rings. The minimum Gasteiger partial charge on any atom is -0.379 e. The van der Waals surface area contributed by atoms with Gasteiger partial charge in [-0.2, -0.15) is 4.31 Å². The highest BCUT2D eigenvalue weighted by Crippen LogP contribution is 2.26. The van der Waals surface area contributed by atoms with Gasteiger partial charge in [-0.3, -0.25) is 4.79 Å². The second kappa shape index (κ2) is 11.1. The number of pyridine rings is 1. The van der Waals surface area contributed by atoms with Gasteiger partial charge < -0.3 is 10.1 Å². The number of carbonyl (C=O) groups is 1. The molecule has 0 unspecified atom stereocenters. The van der Waals surface area contributed by atoms with Crippen molar-refractivity contribution in [2.75, 3.05) is 26.3 Å². The lowest BCUT2D eigenvalue weighted by atomic mass is 9.98. The van der Waals surface area contributed by atoms with Gasteiger partial charge in [-0.1, -0.05) is 72.4 Å². The highest BCUT2D eigenvalue weighted by atomic mass is 32.2. The van der Waals surface area contributed by atoms with Gasteiger partial charge in [0.1, 0.15) is 4.90 Å². The van der Waals surface area contributed by atoms with Crippen molar-refractivity contribution < 1.29 is 17.9 Å². The van der Waals surface area contributed by atoms with E-state index < -0.39 is 15.3 Å². The highest BCUT2D eigenvalue weighted by molar-refractivity contribution is 8.00. The number of benzene rings is 2. The van der Waals surface area contributed by atoms with Gasteiger partial charge in [-0.15, -0.1) is 0 Å². The van der Waals surface area contributed by atoms with Crippen molar-refractivity contribution >= 4 is 27.7 Å². The van der Waals surface area contributed by atoms with E-state index in [4.69, 9.17) is 4.74 Å². The van der Waals surface area contributed by atoms with Gasteiger partial charge in [0.25, 0.3) is 0 Å². The lowest BCUT2D eigenvalue weighted by Gasteiger charge is -2.25. The number of amides is 1. The summed E-state index contributed by atoms with van der Waals surface area (Å²) < 4.78 is 32.2. The zero-order chi connectivity index (χ0) is 24.0.